The zero-order chi connectivity index (χ0) is 21.4. The Labute approximate surface area is 171 Å². The first-order valence-corrected chi connectivity index (χ1v) is 9.31. The topological polar surface area (TPSA) is 90.3 Å². The van der Waals surface area contributed by atoms with Crippen LogP contribution in [0.1, 0.15) is 23.4 Å². The molecule has 0 saturated carbocycles. The van der Waals surface area contributed by atoms with Gasteiger partial charge in [-0.1, -0.05) is 24.3 Å². The van der Waals surface area contributed by atoms with Gasteiger partial charge in [0.15, 0.2) is 11.5 Å². The largest absolute Gasteiger partial charge is 0.385 e. The highest BCUT2D eigenvalue weighted by Gasteiger charge is 2.13. The molecule has 4 aromatic rings. The highest BCUT2D eigenvalue weighted by molar-refractivity contribution is 5.91. The van der Waals surface area contributed by atoms with Crippen molar-refractivity contribution in [3.63, 3.8) is 0 Å². The second kappa shape index (κ2) is 7.58. The van der Waals surface area contributed by atoms with Gasteiger partial charge < -0.3 is 10.7 Å². The number of halogens is 2. The second-order valence-corrected chi connectivity index (χ2v) is 7.02. The Balaban J connectivity index is 1.91. The summed E-state index contributed by atoms with van der Waals surface area (Å²) in [4.78, 5) is 7.62. The van der Waals surface area contributed by atoms with Gasteiger partial charge in [0.2, 0.25) is 0 Å². The molecule has 0 atom stereocenters. The molecule has 0 spiro atoms. The second-order valence-electron chi connectivity index (χ2n) is 7.02. The summed E-state index contributed by atoms with van der Waals surface area (Å²) in [6.45, 7) is 3.85. The molecule has 1 aromatic carbocycles. The van der Waals surface area contributed by atoms with Crippen LogP contribution in [-0.4, -0.2) is 29.5 Å². The summed E-state index contributed by atoms with van der Waals surface area (Å²) in [5, 5.41) is 9.71. The van der Waals surface area contributed by atoms with Gasteiger partial charge in [-0.05, 0) is 26.0 Å². The van der Waals surface area contributed by atoms with Crippen molar-refractivity contribution < 1.29 is 8.78 Å². The minimum atomic E-state index is -2.51. The summed E-state index contributed by atoms with van der Waals surface area (Å²) < 4.78 is 29.2. The number of benzene rings is 1. The van der Waals surface area contributed by atoms with Crippen molar-refractivity contribution in [1.82, 2.24) is 29.5 Å². The molecule has 0 unspecified atom stereocenters. The van der Waals surface area contributed by atoms with Crippen molar-refractivity contribution in [2.45, 2.75) is 20.3 Å². The lowest BCUT2D eigenvalue weighted by atomic mass is 10.1. The normalized spacial score (nSPS) is 11.3. The van der Waals surface area contributed by atoms with Crippen LogP contribution in [0.5, 0.6) is 0 Å². The predicted molar refractivity (Wildman–Crippen MR) is 112 cm³/mol. The number of fused-ring (bicyclic) bond motifs is 1. The van der Waals surface area contributed by atoms with E-state index in [0.29, 0.717) is 17.3 Å². The van der Waals surface area contributed by atoms with Gasteiger partial charge in [-0.3, -0.25) is 4.68 Å². The van der Waals surface area contributed by atoms with Gasteiger partial charge >= 0.3 is 0 Å². The maximum atomic E-state index is 12.9. The van der Waals surface area contributed by atoms with Gasteiger partial charge in [-0.2, -0.15) is 10.2 Å². The fourth-order valence-corrected chi connectivity index (χ4v) is 3.43. The molecule has 3 N–H and O–H groups in total. The highest BCUT2D eigenvalue weighted by atomic mass is 19.3. The molecule has 4 rings (SSSR count). The van der Waals surface area contributed by atoms with Crippen LogP contribution in [0.25, 0.3) is 28.1 Å². The molecule has 0 aliphatic heterocycles. The van der Waals surface area contributed by atoms with E-state index >= 15 is 0 Å². The molecule has 9 heteroatoms. The van der Waals surface area contributed by atoms with Crippen LogP contribution in [0, 0.1) is 13.8 Å². The summed E-state index contributed by atoms with van der Waals surface area (Å²) in [6.07, 6.45) is -0.858. The Morgan fingerprint density at radius 1 is 1.03 bits per heavy atom. The molecule has 0 aliphatic carbocycles. The lowest BCUT2D eigenvalue weighted by molar-refractivity contribution is 0.151. The molecule has 0 amide bonds. The minimum Gasteiger partial charge on any atom is -0.385 e. The lowest BCUT2D eigenvalue weighted by Gasteiger charge is -2.04. The Kier molecular flexibility index (Phi) is 4.94. The molecular formula is C21H21F2N7. The third-order valence-corrected chi connectivity index (χ3v) is 4.74. The zero-order valence-corrected chi connectivity index (χ0v) is 16.8. The van der Waals surface area contributed by atoms with Crippen molar-refractivity contribution in [3.8, 4) is 17.1 Å². The zero-order valence-electron chi connectivity index (χ0n) is 16.8. The van der Waals surface area contributed by atoms with Crippen LogP contribution in [0.3, 0.4) is 0 Å². The van der Waals surface area contributed by atoms with Gasteiger partial charge in [0.25, 0.3) is 6.43 Å². The summed E-state index contributed by atoms with van der Waals surface area (Å²) in [5.41, 5.74) is 10.0. The van der Waals surface area contributed by atoms with E-state index in [0.717, 1.165) is 28.0 Å². The monoisotopic (exact) mass is 409 g/mol. The van der Waals surface area contributed by atoms with Crippen molar-refractivity contribution in [3.05, 3.63) is 65.6 Å². The average molecular weight is 409 g/mol. The fourth-order valence-electron chi connectivity index (χ4n) is 3.43. The molecule has 0 radical (unpaired) electrons. The van der Waals surface area contributed by atoms with Gasteiger partial charge in [0.1, 0.15) is 5.82 Å². The molecule has 0 bridgehead atoms. The number of aromatic amines is 1. The molecular weight excluding hydrogens is 388 g/mol. The van der Waals surface area contributed by atoms with Crippen LogP contribution in [0.2, 0.25) is 0 Å². The number of anilines is 1. The predicted octanol–water partition coefficient (Wildman–Crippen LogP) is 4.41. The van der Waals surface area contributed by atoms with Crippen LogP contribution in [-0.2, 0) is 7.05 Å². The summed E-state index contributed by atoms with van der Waals surface area (Å²) in [5.74, 6) is 0.906. The van der Waals surface area contributed by atoms with Gasteiger partial charge in [0.05, 0.1) is 11.4 Å². The first-order valence-electron chi connectivity index (χ1n) is 9.31. The third-order valence-electron chi connectivity index (χ3n) is 4.74. The number of aromatic nitrogens is 6. The minimum absolute atomic E-state index is 0.0272. The smallest absolute Gasteiger partial charge is 0.263 e. The summed E-state index contributed by atoms with van der Waals surface area (Å²) in [7, 11) is 1.79. The average Bonchev–Trinajstić information content (AvgIpc) is 3.20. The van der Waals surface area contributed by atoms with Crippen LogP contribution in [0.15, 0.2) is 48.7 Å². The van der Waals surface area contributed by atoms with E-state index in [-0.39, 0.29) is 5.56 Å². The fraction of sp³-hybridized carbons (Fsp3) is 0.190. The number of nitrogen functional groups attached to an aromatic ring is 1. The van der Waals surface area contributed by atoms with E-state index < -0.39 is 6.43 Å². The Hall–Kier alpha value is -3.75. The number of hydrogen-bond acceptors (Lipinski definition) is 4. The molecule has 0 aliphatic rings. The van der Waals surface area contributed by atoms with E-state index in [9.17, 15) is 8.78 Å². The van der Waals surface area contributed by atoms with Crippen molar-refractivity contribution >= 4 is 16.9 Å². The summed E-state index contributed by atoms with van der Waals surface area (Å²) in [6, 6.07) is 11.6. The lowest BCUT2D eigenvalue weighted by Crippen LogP contribution is -2.01. The van der Waals surface area contributed by atoms with Gasteiger partial charge in [-0.25, -0.2) is 18.4 Å². The SMILES string of the molecule is Cc1cc(C)n(-c2cc(N)[nH]c3nn(C)c(-c4ccc(C(F)F)cc4)c3ccn2)n1. The first kappa shape index (κ1) is 19.6. The number of nitrogens with two attached hydrogens (primary N) is 1. The highest BCUT2D eigenvalue weighted by Crippen LogP contribution is 2.29. The number of nitrogens with one attached hydrogen (secondary N) is 1. The quantitative estimate of drug-likeness (QED) is 0.524. The Morgan fingerprint density at radius 2 is 1.77 bits per heavy atom. The maximum absolute atomic E-state index is 12.9. The standard InChI is InChI=1S/C21H21F2N7/c1-12-10-13(2)30(27-12)18-11-17(24)26-21-16(8-9-25-18)19(29(3)28-21)14-4-6-15(7-5-14)20(22)23/h4-11,20H,24H2,1-3H3,(H,26,28). The number of alkyl halides is 2. The van der Waals surface area contributed by atoms with Crippen molar-refractivity contribution in [2.24, 2.45) is 7.05 Å². The number of rotatable bonds is 3. The van der Waals surface area contributed by atoms with E-state index in [2.05, 4.69) is 20.2 Å². The molecule has 0 fully saturated rings. The number of hydrogen-bond donors (Lipinski definition) is 2. The summed E-state index contributed by atoms with van der Waals surface area (Å²) >= 11 is 0. The molecule has 7 nitrogen and oxygen atoms in total. The first-order chi connectivity index (χ1) is 14.3. The maximum Gasteiger partial charge on any atom is 0.263 e. The van der Waals surface area contributed by atoms with E-state index in [4.69, 9.17) is 5.73 Å². The van der Waals surface area contributed by atoms with Gasteiger partial charge in [0, 0.05) is 41.5 Å². The number of nitrogens with zero attached hydrogens (tertiary/aromatic N) is 5. The van der Waals surface area contributed by atoms with Crippen molar-refractivity contribution in [2.75, 3.05) is 5.73 Å². The molecule has 3 heterocycles. The molecule has 30 heavy (non-hydrogen) atoms. The van der Waals surface area contributed by atoms with Crippen LogP contribution in [0.4, 0.5) is 14.6 Å². The Morgan fingerprint density at radius 3 is 2.40 bits per heavy atom. The molecule has 3 aromatic heterocycles. The van der Waals surface area contributed by atoms with E-state index in [1.54, 1.807) is 40.8 Å². The van der Waals surface area contributed by atoms with E-state index in [1.807, 2.05) is 26.0 Å². The van der Waals surface area contributed by atoms with Crippen LogP contribution < -0.4 is 5.73 Å². The molecule has 0 saturated heterocycles. The Bertz CT molecular complexity index is 1260. The van der Waals surface area contributed by atoms with E-state index in [1.165, 1.54) is 12.1 Å². The number of aryl methyl sites for hydroxylation is 3. The van der Waals surface area contributed by atoms with Gasteiger partial charge in [-0.15, -0.1) is 0 Å². The van der Waals surface area contributed by atoms with Crippen LogP contribution >= 0.6 is 0 Å². The number of H-pyrrole nitrogens is 1. The van der Waals surface area contributed by atoms with Crippen molar-refractivity contribution in [1.29, 1.82) is 0 Å². The third kappa shape index (κ3) is 3.61. The molecule has 154 valence electrons.